The molecule has 1 amide bonds. The highest BCUT2D eigenvalue weighted by Crippen LogP contribution is 2.52. The lowest BCUT2D eigenvalue weighted by Gasteiger charge is -2.49. The predicted molar refractivity (Wildman–Crippen MR) is 200 cm³/mol. The molecular formula is C42H83NO3. The molecule has 1 aliphatic carbocycles. The van der Waals surface area contributed by atoms with Crippen LogP contribution in [0.2, 0.25) is 0 Å². The molecule has 0 aromatic rings. The van der Waals surface area contributed by atoms with Gasteiger partial charge in [-0.25, -0.2) is 0 Å². The summed E-state index contributed by atoms with van der Waals surface area (Å²) in [5.41, 5.74) is 1.78. The topological polar surface area (TPSA) is 38.8 Å². The van der Waals surface area contributed by atoms with Crippen molar-refractivity contribution in [1.82, 2.24) is 4.90 Å². The number of hydrogen-bond donors (Lipinski definition) is 0. The molecule has 274 valence electrons. The fourth-order valence-corrected chi connectivity index (χ4v) is 8.99. The van der Waals surface area contributed by atoms with E-state index >= 15 is 0 Å². The molecule has 0 N–H and O–H groups in total. The number of likely N-dealkylation sites (tertiary alicyclic amines) is 1. The van der Waals surface area contributed by atoms with Crippen molar-refractivity contribution in [2.45, 2.75) is 156 Å². The van der Waals surface area contributed by atoms with E-state index in [9.17, 15) is 4.79 Å². The average Bonchev–Trinajstić information content (AvgIpc) is 3.30. The molecule has 0 spiro atoms. The van der Waals surface area contributed by atoms with Gasteiger partial charge in [0.05, 0.1) is 13.2 Å². The first-order valence-electron chi connectivity index (χ1n) is 19.7. The van der Waals surface area contributed by atoms with Crippen molar-refractivity contribution in [2.24, 2.45) is 69.5 Å². The molecule has 4 fully saturated rings. The summed E-state index contributed by atoms with van der Waals surface area (Å²) in [7, 11) is 0. The highest BCUT2D eigenvalue weighted by molar-refractivity contribution is 5.78. The van der Waals surface area contributed by atoms with E-state index < -0.39 is 0 Å². The van der Waals surface area contributed by atoms with Crippen molar-refractivity contribution in [1.29, 1.82) is 0 Å². The zero-order chi connectivity index (χ0) is 35.5. The molecule has 0 aromatic carbocycles. The van der Waals surface area contributed by atoms with Crippen LogP contribution in [0.25, 0.3) is 0 Å². The van der Waals surface area contributed by atoms with E-state index in [1.54, 1.807) is 0 Å². The van der Waals surface area contributed by atoms with Gasteiger partial charge in [0.25, 0.3) is 0 Å². The quantitative estimate of drug-likeness (QED) is 0.236. The fraction of sp³-hybridized carbons (Fsp3) is 0.976. The van der Waals surface area contributed by atoms with Gasteiger partial charge in [0.15, 0.2) is 0 Å². The third kappa shape index (κ3) is 11.2. The first-order valence-corrected chi connectivity index (χ1v) is 19.7. The number of carbonyl (C=O) groups is 1. The van der Waals surface area contributed by atoms with Crippen LogP contribution in [0, 0.1) is 69.5 Å². The molecule has 4 rings (SSSR count). The van der Waals surface area contributed by atoms with Gasteiger partial charge in [-0.1, -0.05) is 117 Å². The molecule has 3 saturated heterocycles. The Morgan fingerprint density at radius 2 is 0.935 bits per heavy atom. The largest absolute Gasteiger partial charge is 0.381 e. The van der Waals surface area contributed by atoms with Crippen molar-refractivity contribution >= 4 is 5.91 Å². The molecule has 46 heavy (non-hydrogen) atoms. The maximum Gasteiger partial charge on any atom is 0.222 e. The second-order valence-electron chi connectivity index (χ2n) is 18.2. The first-order chi connectivity index (χ1) is 21.3. The van der Waals surface area contributed by atoms with Crippen molar-refractivity contribution in [2.75, 3.05) is 39.5 Å². The van der Waals surface area contributed by atoms with E-state index in [0.29, 0.717) is 34.5 Å². The van der Waals surface area contributed by atoms with E-state index in [-0.39, 0.29) is 0 Å². The maximum absolute atomic E-state index is 11.5. The van der Waals surface area contributed by atoms with Crippen molar-refractivity contribution in [3.63, 3.8) is 0 Å². The number of ether oxygens (including phenoxy) is 2. The van der Waals surface area contributed by atoms with Gasteiger partial charge < -0.3 is 14.4 Å². The Bertz CT molecular complexity index is 758. The molecule has 3 aliphatic heterocycles. The maximum atomic E-state index is 11.5. The van der Waals surface area contributed by atoms with Gasteiger partial charge in [-0.05, 0) is 96.2 Å². The van der Waals surface area contributed by atoms with Crippen LogP contribution in [0.15, 0.2) is 0 Å². The van der Waals surface area contributed by atoms with Gasteiger partial charge >= 0.3 is 0 Å². The van der Waals surface area contributed by atoms with Crippen LogP contribution in [0.5, 0.6) is 0 Å². The van der Waals surface area contributed by atoms with Crippen LogP contribution in [0.3, 0.4) is 0 Å². The van der Waals surface area contributed by atoms with Gasteiger partial charge in [-0.15, -0.1) is 0 Å². The Balaban J connectivity index is 0.000000310. The van der Waals surface area contributed by atoms with Crippen LogP contribution in [0.1, 0.15) is 156 Å². The Labute approximate surface area is 289 Å². The van der Waals surface area contributed by atoms with Crippen LogP contribution < -0.4 is 0 Å². The summed E-state index contributed by atoms with van der Waals surface area (Å²) < 4.78 is 10.7. The summed E-state index contributed by atoms with van der Waals surface area (Å²) in [5, 5.41) is 0. The molecule has 0 unspecified atom stereocenters. The second-order valence-corrected chi connectivity index (χ2v) is 18.2. The molecule has 0 aromatic heterocycles. The van der Waals surface area contributed by atoms with Crippen molar-refractivity contribution in [3.05, 3.63) is 0 Å². The Morgan fingerprint density at radius 3 is 1.11 bits per heavy atom. The summed E-state index contributed by atoms with van der Waals surface area (Å²) in [4.78, 5) is 13.5. The summed E-state index contributed by atoms with van der Waals surface area (Å²) in [6.07, 6.45) is 8.75. The van der Waals surface area contributed by atoms with Crippen molar-refractivity contribution in [3.8, 4) is 0 Å². The molecule has 0 bridgehead atoms. The van der Waals surface area contributed by atoms with E-state index in [4.69, 9.17) is 9.47 Å². The molecule has 4 heteroatoms. The van der Waals surface area contributed by atoms with E-state index in [0.717, 1.165) is 93.3 Å². The zero-order valence-electron chi connectivity index (χ0n) is 34.1. The second kappa shape index (κ2) is 19.5. The monoisotopic (exact) mass is 650 g/mol. The number of nitrogens with zero attached hydrogens (tertiary/aromatic N) is 1. The molecule has 4 aliphatic rings. The van der Waals surface area contributed by atoms with Crippen LogP contribution in [-0.4, -0.2) is 50.3 Å². The van der Waals surface area contributed by atoms with Gasteiger partial charge in [0.1, 0.15) is 0 Å². The van der Waals surface area contributed by atoms with Gasteiger partial charge in [-0.3, -0.25) is 4.79 Å². The van der Waals surface area contributed by atoms with Crippen LogP contribution in [0.4, 0.5) is 0 Å². The van der Waals surface area contributed by atoms with Gasteiger partial charge in [0, 0.05) is 38.1 Å². The molecule has 4 nitrogen and oxygen atoms in total. The third-order valence-corrected chi connectivity index (χ3v) is 13.7. The molecule has 0 atom stereocenters. The number of amides is 1. The van der Waals surface area contributed by atoms with Crippen LogP contribution in [-0.2, 0) is 14.3 Å². The number of rotatable bonds is 10. The minimum atomic E-state index is 0.358. The fourth-order valence-electron chi connectivity index (χ4n) is 8.99. The Hall–Kier alpha value is -0.610. The molecular weight excluding hydrogens is 566 g/mol. The SMILES string of the molecule is CC(C)C(CN1CCCC1=O)C(C)C.CC(C)C1(C(C)C)CCC1.CC(C)C1(C(C)C)CCOCC1.CC(C)C1(C(C)C)COC1. The van der Waals surface area contributed by atoms with E-state index in [1.165, 1.54) is 32.1 Å². The lowest BCUT2D eigenvalue weighted by atomic mass is 9.56. The normalized spacial score (nSPS) is 21.8. The third-order valence-electron chi connectivity index (χ3n) is 13.7. The highest BCUT2D eigenvalue weighted by atomic mass is 16.5. The predicted octanol–water partition coefficient (Wildman–Crippen LogP) is 11.4. The summed E-state index contributed by atoms with van der Waals surface area (Å²) >= 11 is 0. The lowest BCUT2D eigenvalue weighted by molar-refractivity contribution is -0.164. The Kier molecular flexibility index (Phi) is 18.4. The van der Waals surface area contributed by atoms with Gasteiger partial charge in [-0.2, -0.15) is 0 Å². The van der Waals surface area contributed by atoms with Crippen LogP contribution >= 0.6 is 0 Å². The van der Waals surface area contributed by atoms with Gasteiger partial charge in [0.2, 0.25) is 5.91 Å². The molecule has 1 saturated carbocycles. The van der Waals surface area contributed by atoms with E-state index in [2.05, 4.69) is 111 Å². The summed E-state index contributed by atoms with van der Waals surface area (Å²) in [6, 6.07) is 0. The van der Waals surface area contributed by atoms with E-state index in [1.807, 2.05) is 4.90 Å². The Morgan fingerprint density at radius 1 is 0.543 bits per heavy atom. The molecule has 0 radical (unpaired) electrons. The number of carbonyl (C=O) groups excluding carboxylic acids is 1. The minimum Gasteiger partial charge on any atom is -0.381 e. The smallest absolute Gasteiger partial charge is 0.222 e. The average molecular weight is 650 g/mol. The number of hydrogen-bond acceptors (Lipinski definition) is 3. The minimum absolute atomic E-state index is 0.358. The molecule has 3 heterocycles. The zero-order valence-corrected chi connectivity index (χ0v) is 34.1. The standard InChI is InChI=1S/C12H23NO.C11H22O.C10H20.C9H18O/c1-9(2)11(10(3)4)8-13-7-5-6-12(13)14;1-9(2)11(10(3)4)5-7-12-8-6-11;1-8(2)10(9(3)4)6-5-7-10;1-7(2)9(8(3)4)5-10-6-9/h9-11H,5-8H2,1-4H3;9-10H,5-8H2,1-4H3;8-9H,5-7H2,1-4H3;7-8H,5-6H2,1-4H3. The lowest BCUT2D eigenvalue weighted by Crippen LogP contribution is -2.50. The highest BCUT2D eigenvalue weighted by Gasteiger charge is 2.44. The first kappa shape index (κ1) is 43.4. The summed E-state index contributed by atoms with van der Waals surface area (Å²) in [5.74, 6) is 7.24. The summed E-state index contributed by atoms with van der Waals surface area (Å²) in [6.45, 7) is 42.9. The van der Waals surface area contributed by atoms with Crippen molar-refractivity contribution < 1.29 is 14.3 Å².